The van der Waals surface area contributed by atoms with Gasteiger partial charge >= 0.3 is 11.9 Å². The van der Waals surface area contributed by atoms with Crippen LogP contribution in [0.3, 0.4) is 0 Å². The van der Waals surface area contributed by atoms with Crippen LogP contribution in [-0.4, -0.2) is 49.7 Å². The Hall–Kier alpha value is -1.10. The van der Waals surface area contributed by atoms with Crippen LogP contribution in [-0.2, 0) is 19.1 Å². The smallest absolute Gasteiger partial charge is 0.323 e. The third-order valence-electron chi connectivity index (χ3n) is 3.50. The average Bonchev–Trinajstić information content (AvgIpc) is 2.43. The lowest BCUT2D eigenvalue weighted by atomic mass is 9.85. The number of rotatable bonds is 10. The third-order valence-corrected chi connectivity index (χ3v) is 3.50. The van der Waals surface area contributed by atoms with Crippen molar-refractivity contribution in [1.82, 2.24) is 4.90 Å². The summed E-state index contributed by atoms with van der Waals surface area (Å²) in [5.41, 5.74) is -1.20. The minimum Gasteiger partial charge on any atom is -0.465 e. The molecule has 0 unspecified atom stereocenters. The maximum absolute atomic E-state index is 12.1. The first-order valence-electron chi connectivity index (χ1n) is 7.52. The van der Waals surface area contributed by atoms with Crippen molar-refractivity contribution < 1.29 is 19.1 Å². The van der Waals surface area contributed by atoms with Crippen LogP contribution in [0.25, 0.3) is 0 Å². The molecule has 0 saturated heterocycles. The largest absolute Gasteiger partial charge is 0.465 e. The van der Waals surface area contributed by atoms with Gasteiger partial charge in [-0.05, 0) is 53.2 Å². The molecular formula is C15H29NO4. The zero-order chi connectivity index (χ0) is 15.6. The Labute approximate surface area is 122 Å². The molecule has 20 heavy (non-hydrogen) atoms. The van der Waals surface area contributed by atoms with Gasteiger partial charge in [-0.2, -0.15) is 0 Å². The van der Waals surface area contributed by atoms with E-state index in [0.29, 0.717) is 6.42 Å². The van der Waals surface area contributed by atoms with E-state index in [1.165, 1.54) is 0 Å². The highest BCUT2D eigenvalue weighted by molar-refractivity contribution is 5.99. The molecule has 5 nitrogen and oxygen atoms in total. The highest BCUT2D eigenvalue weighted by Crippen LogP contribution is 2.27. The Morgan fingerprint density at radius 2 is 1.40 bits per heavy atom. The maximum Gasteiger partial charge on any atom is 0.323 e. The van der Waals surface area contributed by atoms with E-state index in [4.69, 9.17) is 9.47 Å². The van der Waals surface area contributed by atoms with Crippen molar-refractivity contribution in [2.75, 3.05) is 32.8 Å². The number of carbonyl (C=O) groups is 2. The predicted molar refractivity (Wildman–Crippen MR) is 78.4 cm³/mol. The van der Waals surface area contributed by atoms with E-state index in [0.717, 1.165) is 26.1 Å². The summed E-state index contributed by atoms with van der Waals surface area (Å²) in [5, 5.41) is 0. The van der Waals surface area contributed by atoms with Crippen LogP contribution in [0, 0.1) is 5.41 Å². The van der Waals surface area contributed by atoms with Crippen molar-refractivity contribution in [3.63, 3.8) is 0 Å². The zero-order valence-corrected chi connectivity index (χ0v) is 13.5. The van der Waals surface area contributed by atoms with Gasteiger partial charge in [-0.3, -0.25) is 9.59 Å². The monoisotopic (exact) mass is 287 g/mol. The fraction of sp³-hybridized carbons (Fsp3) is 0.867. The van der Waals surface area contributed by atoms with Crippen molar-refractivity contribution in [3.8, 4) is 0 Å². The van der Waals surface area contributed by atoms with Crippen LogP contribution in [0.15, 0.2) is 0 Å². The van der Waals surface area contributed by atoms with Gasteiger partial charge in [0.25, 0.3) is 0 Å². The molecular weight excluding hydrogens is 258 g/mol. The first-order valence-corrected chi connectivity index (χ1v) is 7.52. The molecule has 0 aliphatic heterocycles. The van der Waals surface area contributed by atoms with E-state index in [2.05, 4.69) is 18.7 Å². The maximum atomic E-state index is 12.1. The van der Waals surface area contributed by atoms with Gasteiger partial charge in [0.2, 0.25) is 0 Å². The molecule has 0 aliphatic carbocycles. The van der Waals surface area contributed by atoms with Gasteiger partial charge < -0.3 is 14.4 Å². The van der Waals surface area contributed by atoms with Crippen LogP contribution >= 0.6 is 0 Å². The lowest BCUT2D eigenvalue weighted by Crippen LogP contribution is -2.40. The van der Waals surface area contributed by atoms with Crippen LogP contribution in [0.4, 0.5) is 0 Å². The molecule has 0 atom stereocenters. The summed E-state index contributed by atoms with van der Waals surface area (Å²) in [6.07, 6.45) is 1.21. The number of ether oxygens (including phenoxy) is 2. The lowest BCUT2D eigenvalue weighted by molar-refractivity contribution is -0.171. The van der Waals surface area contributed by atoms with Crippen LogP contribution in [0.5, 0.6) is 0 Å². The molecule has 5 heteroatoms. The molecule has 0 aromatic carbocycles. The second kappa shape index (κ2) is 9.75. The van der Waals surface area contributed by atoms with E-state index in [-0.39, 0.29) is 13.2 Å². The molecule has 0 rings (SSSR count). The van der Waals surface area contributed by atoms with E-state index < -0.39 is 17.4 Å². The first-order chi connectivity index (χ1) is 9.46. The number of carbonyl (C=O) groups excluding carboxylic acids is 2. The SMILES string of the molecule is CCOC(=O)C(C)(CCCN(CC)CC)C(=O)OCC. The van der Waals surface area contributed by atoms with E-state index in [9.17, 15) is 9.59 Å². The average molecular weight is 287 g/mol. The van der Waals surface area contributed by atoms with Gasteiger partial charge in [-0.1, -0.05) is 13.8 Å². The van der Waals surface area contributed by atoms with Crippen molar-refractivity contribution in [2.45, 2.75) is 47.5 Å². The number of hydrogen-bond donors (Lipinski definition) is 0. The standard InChI is InChI=1S/C15H29NO4/c1-6-16(7-2)12-10-11-15(5,13(17)19-8-3)14(18)20-9-4/h6-12H2,1-5H3. The summed E-state index contributed by atoms with van der Waals surface area (Å²) in [4.78, 5) is 26.4. The number of hydrogen-bond acceptors (Lipinski definition) is 5. The Balaban J connectivity index is 4.69. The molecule has 0 saturated carbocycles. The molecule has 0 amide bonds. The lowest BCUT2D eigenvalue weighted by Gasteiger charge is -2.26. The van der Waals surface area contributed by atoms with Crippen molar-refractivity contribution in [3.05, 3.63) is 0 Å². The van der Waals surface area contributed by atoms with Crippen LogP contribution in [0.2, 0.25) is 0 Å². The Morgan fingerprint density at radius 3 is 1.75 bits per heavy atom. The predicted octanol–water partition coefficient (Wildman–Crippen LogP) is 2.24. The molecule has 0 aromatic rings. The summed E-state index contributed by atoms with van der Waals surface area (Å²) in [6.45, 7) is 12.6. The third kappa shape index (κ3) is 5.49. The molecule has 0 radical (unpaired) electrons. The zero-order valence-electron chi connectivity index (χ0n) is 13.5. The first kappa shape index (κ1) is 18.9. The topological polar surface area (TPSA) is 55.8 Å². The van der Waals surface area contributed by atoms with Gasteiger partial charge in [0, 0.05) is 0 Å². The molecule has 0 heterocycles. The molecule has 0 N–H and O–H groups in total. The van der Waals surface area contributed by atoms with Crippen molar-refractivity contribution in [2.24, 2.45) is 5.41 Å². The summed E-state index contributed by atoms with van der Waals surface area (Å²) in [7, 11) is 0. The fourth-order valence-electron chi connectivity index (χ4n) is 2.06. The van der Waals surface area contributed by atoms with Crippen LogP contribution < -0.4 is 0 Å². The minimum atomic E-state index is -1.20. The Morgan fingerprint density at radius 1 is 0.950 bits per heavy atom. The second-order valence-corrected chi connectivity index (χ2v) is 4.90. The summed E-state index contributed by atoms with van der Waals surface area (Å²) >= 11 is 0. The Bertz CT molecular complexity index is 282. The second-order valence-electron chi connectivity index (χ2n) is 4.90. The molecule has 0 spiro atoms. The van der Waals surface area contributed by atoms with E-state index in [1.54, 1.807) is 20.8 Å². The normalized spacial score (nSPS) is 11.5. The number of esters is 2. The van der Waals surface area contributed by atoms with Crippen molar-refractivity contribution >= 4 is 11.9 Å². The van der Waals surface area contributed by atoms with Gasteiger partial charge in [-0.25, -0.2) is 0 Å². The summed E-state index contributed by atoms with van der Waals surface area (Å²) < 4.78 is 10.1. The molecule has 0 aromatic heterocycles. The highest BCUT2D eigenvalue weighted by Gasteiger charge is 2.43. The Kier molecular flexibility index (Phi) is 9.21. The highest BCUT2D eigenvalue weighted by atomic mass is 16.6. The summed E-state index contributed by atoms with van der Waals surface area (Å²) in [5.74, 6) is -0.976. The fourth-order valence-corrected chi connectivity index (χ4v) is 2.06. The minimum absolute atomic E-state index is 0.268. The molecule has 0 bridgehead atoms. The number of nitrogens with zero attached hydrogens (tertiary/aromatic N) is 1. The summed E-state index contributed by atoms with van der Waals surface area (Å²) in [6, 6.07) is 0. The van der Waals surface area contributed by atoms with Crippen molar-refractivity contribution in [1.29, 1.82) is 0 Å². The molecule has 118 valence electrons. The van der Waals surface area contributed by atoms with Gasteiger partial charge in [-0.15, -0.1) is 0 Å². The van der Waals surface area contributed by atoms with Gasteiger partial charge in [0.1, 0.15) is 0 Å². The van der Waals surface area contributed by atoms with E-state index in [1.807, 2.05) is 0 Å². The van der Waals surface area contributed by atoms with E-state index >= 15 is 0 Å². The van der Waals surface area contributed by atoms with Gasteiger partial charge in [0.15, 0.2) is 5.41 Å². The molecule has 0 aliphatic rings. The molecule has 0 fully saturated rings. The van der Waals surface area contributed by atoms with Gasteiger partial charge in [0.05, 0.1) is 13.2 Å². The quantitative estimate of drug-likeness (QED) is 0.455. The van der Waals surface area contributed by atoms with Crippen LogP contribution in [0.1, 0.15) is 47.5 Å².